The summed E-state index contributed by atoms with van der Waals surface area (Å²) in [7, 11) is 0. The van der Waals surface area contributed by atoms with Gasteiger partial charge in [0.25, 0.3) is 23.6 Å². The van der Waals surface area contributed by atoms with Crippen molar-refractivity contribution < 1.29 is 63.3 Å². The van der Waals surface area contributed by atoms with Crippen LogP contribution in [0.2, 0.25) is 20.1 Å². The molecule has 3 saturated carbocycles. The number of morpholine rings is 1. The van der Waals surface area contributed by atoms with Gasteiger partial charge in [-0.2, -0.15) is 19.9 Å². The number of aliphatic hydroxyl groups is 4. The first-order valence-corrected chi connectivity index (χ1v) is 45.9. The van der Waals surface area contributed by atoms with Gasteiger partial charge in [-0.25, -0.2) is 29.9 Å². The minimum absolute atomic E-state index is 0.126. The summed E-state index contributed by atoms with van der Waals surface area (Å²) in [4.78, 5) is 109. The first kappa shape index (κ1) is 92.9. The van der Waals surface area contributed by atoms with Gasteiger partial charge in [0.2, 0.25) is 47.3 Å². The molecule has 8 N–H and O–H groups in total. The average Bonchev–Trinajstić information content (AvgIpc) is 1.62. The fourth-order valence-electron chi connectivity index (χ4n) is 16.7. The predicted octanol–water partition coefficient (Wildman–Crippen LogP) is 12.4. The highest BCUT2D eigenvalue weighted by Gasteiger charge is 2.48. The highest BCUT2D eigenvalue weighted by atomic mass is 35.5. The number of ether oxygens (including phenoxy) is 5. The minimum atomic E-state index is -0.373. The first-order valence-electron chi connectivity index (χ1n) is 44.4. The molecule has 3 aliphatic carbocycles. The fourth-order valence-corrected chi connectivity index (χ4v) is 17.8. The maximum absolute atomic E-state index is 13.1. The summed E-state index contributed by atoms with van der Waals surface area (Å²) in [6.07, 6.45) is 16.9. The third-order valence-corrected chi connectivity index (χ3v) is 26.0. The van der Waals surface area contributed by atoms with Gasteiger partial charge < -0.3 is 85.0 Å². The third kappa shape index (κ3) is 23.8. The summed E-state index contributed by atoms with van der Waals surface area (Å²) in [5.41, 5.74) is 9.59. The quantitative estimate of drug-likeness (QED) is 0.0194. The van der Waals surface area contributed by atoms with Crippen LogP contribution in [0.4, 0.5) is 23.8 Å². The van der Waals surface area contributed by atoms with Gasteiger partial charge in [0.05, 0.1) is 70.5 Å². The second kappa shape index (κ2) is 43.9. The number of aromatic nitrogens is 11. The number of benzene rings is 6. The van der Waals surface area contributed by atoms with Crippen LogP contribution in [-0.2, 0) is 83.8 Å². The fraction of sp³-hybridized carbons (Fsp3) is 0.337. The molecule has 11 heterocycles. The number of aliphatic hydroxyl groups excluding tert-OH is 4. The number of hydrogen-bond acceptors (Lipinski definition) is 28. The smallest absolute Gasteiger partial charge is 0.258 e. The molecule has 6 aromatic heterocycles. The number of fused-ring (bicyclic) bond motifs is 5. The molecular weight excluding hydrogens is 1790 g/mol. The van der Waals surface area contributed by atoms with E-state index < -0.39 is 0 Å². The average molecular weight is 1890 g/mol. The van der Waals surface area contributed by atoms with E-state index in [4.69, 9.17) is 70.1 Å². The van der Waals surface area contributed by atoms with Crippen molar-refractivity contribution in [1.29, 1.82) is 0 Å². The molecule has 5 aliphatic heterocycles. The first-order chi connectivity index (χ1) is 65.4. The van der Waals surface area contributed by atoms with Gasteiger partial charge in [-0.15, -0.1) is 0 Å². The number of carbonyl (C=O) groups excluding carboxylic acids is 4. The number of carbonyl (C=O) groups is 4. The maximum atomic E-state index is 13.1. The summed E-state index contributed by atoms with van der Waals surface area (Å²) < 4.78 is 29.7. The molecule has 8 unspecified atom stereocenters. The lowest BCUT2D eigenvalue weighted by molar-refractivity contribution is 0.0894. The normalized spacial score (nSPS) is 18.7. The van der Waals surface area contributed by atoms with E-state index in [9.17, 15) is 39.6 Å². The highest BCUT2D eigenvalue weighted by molar-refractivity contribution is 6.32. The van der Waals surface area contributed by atoms with Crippen molar-refractivity contribution in [3.63, 3.8) is 0 Å². The Labute approximate surface area is 793 Å². The SMILES string of the molecule is O=C(NCc1ccccc1)c1cnc(N2C3CCC2COC3)nc1OCc1ccc(CO)c(Cl)c1.O=C(NCc1ccccc1)c1cnc(N2CC3CC3C2)nc1OCc1ccc(CO)c(Cl)c1.O=C(NCc1ccccn1)c1cnc(N2CC3CC3C2)nc1OCc1ccc(CO)c(Cl)c1.O=C(NCc1ncccn1)c1cnc(N2CC3CC3C2)nc1OCc1ccc(CO)c(Cl)c1. The number of piperidine rings is 3. The molecule has 0 radical (unpaired) electrons. The summed E-state index contributed by atoms with van der Waals surface area (Å²) in [5, 5.41) is 50.7. The van der Waals surface area contributed by atoms with E-state index in [0.29, 0.717) is 98.3 Å². The van der Waals surface area contributed by atoms with Gasteiger partial charge in [0.1, 0.15) is 54.5 Å². The van der Waals surface area contributed by atoms with E-state index in [2.05, 4.69) is 95.7 Å². The molecule has 2 bridgehead atoms. The Morgan fingerprint density at radius 2 is 0.664 bits per heavy atom. The zero-order chi connectivity index (χ0) is 92.6. The molecule has 5 saturated heterocycles. The van der Waals surface area contributed by atoms with Crippen LogP contribution < -0.4 is 59.8 Å². The second-order valence-electron chi connectivity index (χ2n) is 34.0. The highest BCUT2D eigenvalue weighted by Crippen LogP contribution is 2.48. The molecule has 8 aliphatic rings. The van der Waals surface area contributed by atoms with Gasteiger partial charge >= 0.3 is 0 Å². The Kier molecular flexibility index (Phi) is 30.4. The number of hydrogen-bond donors (Lipinski definition) is 8. The van der Waals surface area contributed by atoms with Crippen molar-refractivity contribution in [1.82, 2.24) is 76.1 Å². The standard InChI is InChI=1S/C26H27ClN4O4.C25H25ClN4O3.C24H24ClN5O3.C23H23ClN6O3/c27-23-10-18(6-7-19(23)13-32)14-35-25-22(24(33)28-11-17-4-2-1-3-5-17)12-29-26(30-25)31-20-8-9-21(31)16-34-15-20;26-22-8-17(6-7-18(22)14-31)15-33-24-21(23(32)27-10-16-4-2-1-3-5-16)11-28-25(29-24)30-12-19-9-20(19)13-30;25-21-7-15(4-5-16(21)13-31)14-33-23-20(22(32)27-9-19-3-1-2-6-26-19)10-28-24(29-23)30-11-17-8-18(17)12-30;24-19-6-14(2-3-15(19)12-31)13-33-22-18(21(32)27-9-20-25-4-1-5-26-20)8-28-23(29-22)30-10-16-7-17(16)11-30/h1-7,10,12,20-21,32H,8-9,11,13-16H2,(H,28,33);1-8,11,19-20,31H,9-10,12-15H2,(H,27,32);1-7,10,17-18,31H,8-9,11-14H2,(H,27,32);1-6,8,16-17,31H,7,9-13H2,(H,27,32). The zero-order valence-corrected chi connectivity index (χ0v) is 76.1. The Morgan fingerprint density at radius 3 is 0.993 bits per heavy atom. The molecule has 8 fully saturated rings. The van der Waals surface area contributed by atoms with E-state index in [1.165, 1.54) is 37.9 Å². The van der Waals surface area contributed by atoms with E-state index in [1.54, 1.807) is 79.4 Å². The van der Waals surface area contributed by atoms with Crippen molar-refractivity contribution >= 4 is 93.8 Å². The van der Waals surface area contributed by atoms with Gasteiger partial charge in [0.15, 0.2) is 0 Å². The molecule has 0 spiro atoms. The molecule has 692 valence electrons. The second-order valence-corrected chi connectivity index (χ2v) is 35.7. The van der Waals surface area contributed by atoms with Crippen LogP contribution >= 0.6 is 46.4 Å². The van der Waals surface area contributed by atoms with E-state index in [0.717, 1.165) is 127 Å². The van der Waals surface area contributed by atoms with Gasteiger partial charge in [-0.1, -0.05) is 162 Å². The molecule has 36 heteroatoms. The van der Waals surface area contributed by atoms with Crippen LogP contribution in [0.1, 0.15) is 141 Å². The van der Waals surface area contributed by atoms with Crippen molar-refractivity contribution in [2.45, 2.75) is 123 Å². The van der Waals surface area contributed by atoms with Crippen LogP contribution in [-0.4, -0.2) is 163 Å². The van der Waals surface area contributed by atoms with Gasteiger partial charge in [-0.05, 0) is 166 Å². The Balaban J connectivity index is 0.000000124. The summed E-state index contributed by atoms with van der Waals surface area (Å²) >= 11 is 24.8. The van der Waals surface area contributed by atoms with Crippen LogP contribution in [0.3, 0.4) is 0 Å². The largest absolute Gasteiger partial charge is 0.472 e. The topological polar surface area (TPSA) is 398 Å². The van der Waals surface area contributed by atoms with Gasteiger partial charge in [-0.3, -0.25) is 24.2 Å². The molecule has 32 nitrogen and oxygen atoms in total. The Bertz CT molecular complexity index is 5660. The lowest BCUT2D eigenvalue weighted by Gasteiger charge is -2.34. The van der Waals surface area contributed by atoms with Crippen LogP contribution in [0, 0.1) is 35.5 Å². The summed E-state index contributed by atoms with van der Waals surface area (Å²) in [6, 6.07) is 48.4. The number of anilines is 4. The molecule has 6 aromatic carbocycles. The van der Waals surface area contributed by atoms with Crippen molar-refractivity contribution in [3.05, 3.63) is 311 Å². The zero-order valence-electron chi connectivity index (χ0n) is 73.0. The number of nitrogens with zero attached hydrogens (tertiary/aromatic N) is 15. The number of rotatable bonds is 32. The van der Waals surface area contributed by atoms with E-state index in [-0.39, 0.29) is 147 Å². The Morgan fingerprint density at radius 1 is 0.351 bits per heavy atom. The molecular formula is C98H99Cl4N19O13. The van der Waals surface area contributed by atoms with Gasteiger partial charge in [0, 0.05) is 116 Å². The van der Waals surface area contributed by atoms with E-state index in [1.807, 2.05) is 103 Å². The number of halogens is 4. The maximum Gasteiger partial charge on any atom is 0.258 e. The number of pyridine rings is 1. The van der Waals surface area contributed by atoms with E-state index >= 15 is 0 Å². The molecule has 12 aromatic rings. The Hall–Kier alpha value is -12.9. The lowest BCUT2D eigenvalue weighted by Crippen LogP contribution is -2.46. The van der Waals surface area contributed by atoms with Crippen LogP contribution in [0.25, 0.3) is 0 Å². The van der Waals surface area contributed by atoms with Crippen LogP contribution in [0.5, 0.6) is 23.5 Å². The van der Waals surface area contributed by atoms with Crippen molar-refractivity contribution in [2.75, 3.05) is 72.1 Å². The molecule has 8 atom stereocenters. The minimum Gasteiger partial charge on any atom is -0.472 e. The van der Waals surface area contributed by atoms with Crippen molar-refractivity contribution in [2.24, 2.45) is 35.5 Å². The van der Waals surface area contributed by atoms with Crippen LogP contribution in [0.15, 0.2) is 201 Å². The molecule has 4 amide bonds. The summed E-state index contributed by atoms with van der Waals surface area (Å²) in [6.45, 7) is 8.31. The monoisotopic (exact) mass is 1890 g/mol. The predicted molar refractivity (Wildman–Crippen MR) is 500 cm³/mol. The third-order valence-electron chi connectivity index (χ3n) is 24.6. The number of nitrogens with one attached hydrogen (secondary N) is 4. The molecule has 134 heavy (non-hydrogen) atoms. The van der Waals surface area contributed by atoms with Crippen molar-refractivity contribution in [3.8, 4) is 23.5 Å². The summed E-state index contributed by atoms with van der Waals surface area (Å²) in [5.74, 6) is 6.72. The molecule has 20 rings (SSSR count). The lowest BCUT2D eigenvalue weighted by atomic mass is 10.1. The number of amides is 4.